The van der Waals surface area contributed by atoms with Gasteiger partial charge in [-0.2, -0.15) is 0 Å². The van der Waals surface area contributed by atoms with Gasteiger partial charge in [-0.25, -0.2) is 17.7 Å². The SMILES string of the molecule is CN(C)S(=O)(=O)c1ccc(=O)n(C[NH+]2CCN(c3cc[nH+]cc3)CC2)c1. The third-order valence-electron chi connectivity index (χ3n) is 4.67. The van der Waals surface area contributed by atoms with E-state index in [1.54, 1.807) is 0 Å². The van der Waals surface area contributed by atoms with Crippen LogP contribution in [0.2, 0.25) is 0 Å². The molecule has 0 unspecified atom stereocenters. The van der Waals surface area contributed by atoms with Crippen LogP contribution in [0.15, 0.2) is 52.5 Å². The fourth-order valence-corrected chi connectivity index (χ4v) is 3.99. The van der Waals surface area contributed by atoms with Crippen LogP contribution in [0.25, 0.3) is 0 Å². The van der Waals surface area contributed by atoms with Crippen LogP contribution in [0.4, 0.5) is 5.69 Å². The van der Waals surface area contributed by atoms with Gasteiger partial charge in [-0.05, 0) is 6.07 Å². The van der Waals surface area contributed by atoms with Crippen molar-refractivity contribution in [2.24, 2.45) is 0 Å². The number of nitrogens with zero attached hydrogens (tertiary/aromatic N) is 3. The summed E-state index contributed by atoms with van der Waals surface area (Å²) in [5.41, 5.74) is 0.996. The highest BCUT2D eigenvalue weighted by molar-refractivity contribution is 7.89. The summed E-state index contributed by atoms with van der Waals surface area (Å²) in [6, 6.07) is 6.79. The average molecular weight is 379 g/mol. The van der Waals surface area contributed by atoms with Gasteiger partial charge in [0, 0.05) is 44.2 Å². The highest BCUT2D eigenvalue weighted by atomic mass is 32.2. The molecule has 0 spiro atoms. The molecule has 0 atom stereocenters. The molecule has 2 N–H and O–H groups in total. The number of aromatic nitrogens is 2. The summed E-state index contributed by atoms with van der Waals surface area (Å²) in [7, 11) is -0.583. The highest BCUT2D eigenvalue weighted by Crippen LogP contribution is 2.11. The summed E-state index contributed by atoms with van der Waals surface area (Å²) in [4.78, 5) is 18.9. The molecule has 140 valence electrons. The largest absolute Gasteiger partial charge is 0.360 e. The van der Waals surface area contributed by atoms with Crippen LogP contribution in [0, 0.1) is 0 Å². The molecule has 9 heteroatoms. The van der Waals surface area contributed by atoms with Crippen LogP contribution in [0.1, 0.15) is 0 Å². The predicted molar refractivity (Wildman–Crippen MR) is 97.5 cm³/mol. The van der Waals surface area contributed by atoms with Gasteiger partial charge in [0.05, 0.1) is 31.1 Å². The van der Waals surface area contributed by atoms with Gasteiger partial charge in [0.1, 0.15) is 0 Å². The minimum Gasteiger partial charge on any atom is -0.360 e. The molecule has 0 aliphatic carbocycles. The van der Waals surface area contributed by atoms with Crippen molar-refractivity contribution in [1.82, 2.24) is 8.87 Å². The highest BCUT2D eigenvalue weighted by Gasteiger charge is 2.22. The molecule has 1 aliphatic heterocycles. The van der Waals surface area contributed by atoms with Crippen molar-refractivity contribution >= 4 is 15.7 Å². The molecule has 0 aromatic carbocycles. The first-order valence-electron chi connectivity index (χ1n) is 8.55. The van der Waals surface area contributed by atoms with E-state index in [4.69, 9.17) is 0 Å². The zero-order chi connectivity index (χ0) is 18.7. The number of hydrogen-bond donors (Lipinski definition) is 1. The molecule has 3 rings (SSSR count). The van der Waals surface area contributed by atoms with Gasteiger partial charge in [0.25, 0.3) is 5.56 Å². The molecule has 8 nitrogen and oxygen atoms in total. The molecule has 2 aromatic rings. The Kier molecular flexibility index (Phi) is 5.40. The second-order valence-corrected chi connectivity index (χ2v) is 8.77. The van der Waals surface area contributed by atoms with Crippen molar-refractivity contribution in [3.63, 3.8) is 0 Å². The number of sulfonamides is 1. The maximum Gasteiger partial charge on any atom is 0.254 e. The number of pyridine rings is 2. The lowest BCUT2D eigenvalue weighted by atomic mass is 10.3. The summed E-state index contributed by atoms with van der Waals surface area (Å²) in [6.07, 6.45) is 5.26. The Morgan fingerprint density at radius 1 is 1.12 bits per heavy atom. The van der Waals surface area contributed by atoms with Crippen molar-refractivity contribution < 1.29 is 18.3 Å². The van der Waals surface area contributed by atoms with Crippen LogP contribution in [-0.4, -0.2) is 57.6 Å². The minimum absolute atomic E-state index is 0.140. The van der Waals surface area contributed by atoms with Gasteiger partial charge < -0.3 is 9.80 Å². The quantitative estimate of drug-likeness (QED) is 0.670. The van der Waals surface area contributed by atoms with Crippen LogP contribution in [0.3, 0.4) is 0 Å². The standard InChI is InChI=1S/C17H23N5O3S/c1-19(2)26(24,25)16-3-4-17(23)22(13-16)14-20-9-11-21(12-10-20)15-5-7-18-8-6-15/h3-8,13H,9-12,14H2,1-2H3/p+2. The van der Waals surface area contributed by atoms with Crippen LogP contribution in [-0.2, 0) is 16.7 Å². The maximum atomic E-state index is 12.3. The minimum atomic E-state index is -3.55. The van der Waals surface area contributed by atoms with Crippen LogP contribution < -0.4 is 20.3 Å². The Balaban J connectivity index is 1.70. The van der Waals surface area contributed by atoms with Gasteiger partial charge >= 0.3 is 0 Å². The molecular formula is C17H25N5O3S+2. The van der Waals surface area contributed by atoms with Gasteiger partial charge in [0.2, 0.25) is 10.0 Å². The molecule has 2 aromatic heterocycles. The monoisotopic (exact) mass is 379 g/mol. The zero-order valence-electron chi connectivity index (χ0n) is 15.1. The number of H-pyrrole nitrogens is 1. The fraction of sp³-hybridized carbons (Fsp3) is 0.412. The number of hydrogen-bond acceptors (Lipinski definition) is 4. The number of nitrogens with one attached hydrogen (secondary N) is 2. The van der Waals surface area contributed by atoms with Crippen molar-refractivity contribution in [2.75, 3.05) is 45.2 Å². The topological polar surface area (TPSA) is 81.2 Å². The van der Waals surface area contributed by atoms with E-state index < -0.39 is 10.0 Å². The molecule has 0 radical (unpaired) electrons. The number of quaternary nitrogens is 1. The van der Waals surface area contributed by atoms with Gasteiger partial charge in [0.15, 0.2) is 19.1 Å². The lowest BCUT2D eigenvalue weighted by Crippen LogP contribution is -3.14. The Morgan fingerprint density at radius 3 is 2.38 bits per heavy atom. The molecule has 1 fully saturated rings. The van der Waals surface area contributed by atoms with Crippen LogP contribution >= 0.6 is 0 Å². The molecule has 0 amide bonds. The van der Waals surface area contributed by atoms with E-state index in [1.165, 1.54) is 47.6 Å². The average Bonchev–Trinajstić information content (AvgIpc) is 2.64. The van der Waals surface area contributed by atoms with Gasteiger partial charge in [-0.15, -0.1) is 0 Å². The second kappa shape index (κ2) is 7.56. The van der Waals surface area contributed by atoms with Crippen LogP contribution in [0.5, 0.6) is 0 Å². The normalized spacial score (nSPS) is 16.2. The van der Waals surface area contributed by atoms with Gasteiger partial charge in [-0.3, -0.25) is 9.36 Å². The number of aromatic amines is 1. The molecule has 1 aliphatic rings. The van der Waals surface area contributed by atoms with E-state index in [0.717, 1.165) is 30.5 Å². The molecule has 1 saturated heterocycles. The first-order valence-corrected chi connectivity index (χ1v) is 9.99. The zero-order valence-corrected chi connectivity index (χ0v) is 15.9. The van der Waals surface area contributed by atoms with E-state index >= 15 is 0 Å². The number of anilines is 1. The first kappa shape index (κ1) is 18.6. The Morgan fingerprint density at radius 2 is 1.77 bits per heavy atom. The van der Waals surface area contributed by atoms with E-state index in [1.807, 2.05) is 24.5 Å². The molecule has 0 saturated carbocycles. The van der Waals surface area contributed by atoms with Crippen molar-refractivity contribution in [3.05, 3.63) is 53.2 Å². The number of rotatable bonds is 5. The summed E-state index contributed by atoms with van der Waals surface area (Å²) in [5.74, 6) is 0. The van der Waals surface area contributed by atoms with E-state index in [9.17, 15) is 13.2 Å². The number of piperazine rings is 1. The second-order valence-electron chi connectivity index (χ2n) is 6.61. The van der Waals surface area contributed by atoms with Crippen molar-refractivity contribution in [1.29, 1.82) is 0 Å². The first-order chi connectivity index (χ1) is 12.4. The molecule has 3 heterocycles. The summed E-state index contributed by atoms with van der Waals surface area (Å²) in [6.45, 7) is 4.02. The molecule has 0 bridgehead atoms. The Bertz CT molecular complexity index is 903. The van der Waals surface area contributed by atoms with E-state index in [2.05, 4.69) is 9.88 Å². The van der Waals surface area contributed by atoms with Crippen molar-refractivity contribution in [3.8, 4) is 0 Å². The third kappa shape index (κ3) is 3.95. The fourth-order valence-electron chi connectivity index (χ4n) is 3.07. The summed E-state index contributed by atoms with van der Waals surface area (Å²) in [5, 5.41) is 0. The molecule has 26 heavy (non-hydrogen) atoms. The summed E-state index contributed by atoms with van der Waals surface area (Å²) >= 11 is 0. The lowest BCUT2D eigenvalue weighted by molar-refractivity contribution is -0.923. The summed E-state index contributed by atoms with van der Waals surface area (Å²) < 4.78 is 27.2. The van der Waals surface area contributed by atoms with E-state index in [0.29, 0.717) is 6.67 Å². The smallest absolute Gasteiger partial charge is 0.254 e. The Labute approximate surface area is 153 Å². The maximum absolute atomic E-state index is 12.3. The Hall–Kier alpha value is -2.23. The molecular weight excluding hydrogens is 354 g/mol. The van der Waals surface area contributed by atoms with Crippen molar-refractivity contribution in [2.45, 2.75) is 11.6 Å². The predicted octanol–water partition coefficient (Wildman–Crippen LogP) is -1.72. The third-order valence-corrected chi connectivity index (χ3v) is 6.46. The van der Waals surface area contributed by atoms with E-state index in [-0.39, 0.29) is 10.5 Å². The lowest BCUT2D eigenvalue weighted by Gasteiger charge is -2.33. The van der Waals surface area contributed by atoms with Gasteiger partial charge in [-0.1, -0.05) is 0 Å².